The van der Waals surface area contributed by atoms with Gasteiger partial charge in [0.1, 0.15) is 0 Å². The molecule has 0 amide bonds. The highest BCUT2D eigenvalue weighted by molar-refractivity contribution is 7.99. The summed E-state index contributed by atoms with van der Waals surface area (Å²) in [6, 6.07) is 0. The molecule has 1 aliphatic heterocycles. The molecule has 2 aliphatic rings. The van der Waals surface area contributed by atoms with Crippen LogP contribution in [0.15, 0.2) is 0 Å². The van der Waals surface area contributed by atoms with E-state index in [1.807, 2.05) is 11.8 Å². The van der Waals surface area contributed by atoms with Gasteiger partial charge < -0.3 is 10.4 Å². The minimum Gasteiger partial charge on any atom is -0.379 e. The van der Waals surface area contributed by atoms with Crippen LogP contribution in [-0.4, -0.2) is 40.5 Å². The van der Waals surface area contributed by atoms with E-state index in [2.05, 4.69) is 5.32 Å². The van der Waals surface area contributed by atoms with Gasteiger partial charge in [0, 0.05) is 12.1 Å². The van der Waals surface area contributed by atoms with Crippen LogP contribution < -0.4 is 5.32 Å². The zero-order valence-corrected chi connectivity index (χ0v) is 12.9. The lowest BCUT2D eigenvalue weighted by Crippen LogP contribution is -2.59. The Morgan fingerprint density at radius 3 is 2.20 bits per heavy atom. The number of rotatable bonds is 5. The van der Waals surface area contributed by atoms with Crippen LogP contribution in [0.5, 0.6) is 0 Å². The maximum Gasteiger partial charge on any atom is 0.418 e. The summed E-state index contributed by atoms with van der Waals surface area (Å²) in [6.45, 7) is 2.45. The van der Waals surface area contributed by atoms with Gasteiger partial charge in [0.15, 0.2) is 5.60 Å². The van der Waals surface area contributed by atoms with Crippen LogP contribution in [0, 0.1) is 11.8 Å². The minimum atomic E-state index is -4.59. The summed E-state index contributed by atoms with van der Waals surface area (Å²) in [5.41, 5.74) is -2.78. The lowest BCUT2D eigenvalue weighted by molar-refractivity contribution is -0.274. The fourth-order valence-electron chi connectivity index (χ4n) is 3.06. The van der Waals surface area contributed by atoms with Crippen LogP contribution in [0.3, 0.4) is 0 Å². The Hall–Kier alpha value is 0.0600. The molecular formula is C14H24F3NOS. The normalized spacial score (nSPS) is 26.6. The molecule has 1 atom stereocenters. The lowest BCUT2D eigenvalue weighted by atomic mass is 9.86. The first-order valence-corrected chi connectivity index (χ1v) is 8.49. The molecule has 1 aliphatic carbocycles. The molecule has 2 fully saturated rings. The molecule has 2 rings (SSSR count). The second-order valence-electron chi connectivity index (χ2n) is 6.47. The molecule has 0 spiro atoms. The SMILES string of the molecule is CC(C)C(O)(CNC1(C2CCSCC2)CC1)C(F)(F)F. The lowest BCUT2D eigenvalue weighted by Gasteiger charge is -2.38. The van der Waals surface area contributed by atoms with Crippen LogP contribution >= 0.6 is 11.8 Å². The largest absolute Gasteiger partial charge is 0.418 e. The van der Waals surface area contributed by atoms with Gasteiger partial charge in [-0.05, 0) is 49.0 Å². The van der Waals surface area contributed by atoms with E-state index in [0.29, 0.717) is 5.92 Å². The predicted octanol–water partition coefficient (Wildman–Crippen LogP) is 3.20. The summed E-state index contributed by atoms with van der Waals surface area (Å²) in [5, 5.41) is 13.1. The van der Waals surface area contributed by atoms with Crippen molar-refractivity contribution in [3.8, 4) is 0 Å². The third kappa shape index (κ3) is 3.12. The first kappa shape index (κ1) is 16.4. The van der Waals surface area contributed by atoms with E-state index in [9.17, 15) is 18.3 Å². The van der Waals surface area contributed by atoms with E-state index in [0.717, 1.165) is 37.2 Å². The van der Waals surface area contributed by atoms with E-state index in [4.69, 9.17) is 0 Å². The van der Waals surface area contributed by atoms with E-state index >= 15 is 0 Å². The monoisotopic (exact) mass is 311 g/mol. The Bertz CT molecular complexity index is 338. The minimum absolute atomic E-state index is 0.144. The van der Waals surface area contributed by atoms with Crippen molar-refractivity contribution in [3.63, 3.8) is 0 Å². The standard InChI is InChI=1S/C14H24F3NOS/c1-10(2)13(19,14(15,16)17)9-18-12(5-6-12)11-3-7-20-8-4-11/h10-11,18-19H,3-9H2,1-2H3. The molecule has 1 unspecified atom stereocenters. The van der Waals surface area contributed by atoms with Crippen LogP contribution in [0.2, 0.25) is 0 Å². The third-order valence-corrected chi connectivity index (χ3v) is 6.00. The van der Waals surface area contributed by atoms with Gasteiger partial charge in [-0.3, -0.25) is 0 Å². The molecule has 0 aromatic heterocycles. The Balaban J connectivity index is 1.99. The summed E-state index contributed by atoms with van der Waals surface area (Å²) >= 11 is 1.92. The average molecular weight is 311 g/mol. The van der Waals surface area contributed by atoms with Crippen molar-refractivity contribution >= 4 is 11.8 Å². The Labute approximate surface area is 122 Å². The van der Waals surface area contributed by atoms with E-state index in [1.54, 1.807) is 0 Å². The van der Waals surface area contributed by atoms with Gasteiger partial charge in [0.05, 0.1) is 0 Å². The molecule has 0 bridgehead atoms. The smallest absolute Gasteiger partial charge is 0.379 e. The quantitative estimate of drug-likeness (QED) is 0.818. The predicted molar refractivity (Wildman–Crippen MR) is 75.9 cm³/mol. The Morgan fingerprint density at radius 1 is 1.25 bits per heavy atom. The first-order chi connectivity index (χ1) is 9.21. The summed E-state index contributed by atoms with van der Waals surface area (Å²) in [5.74, 6) is 1.81. The number of halogens is 3. The van der Waals surface area contributed by atoms with Gasteiger partial charge in [-0.25, -0.2) is 0 Å². The molecule has 1 saturated heterocycles. The fraction of sp³-hybridized carbons (Fsp3) is 1.00. The van der Waals surface area contributed by atoms with Gasteiger partial charge in [-0.15, -0.1) is 0 Å². The highest BCUT2D eigenvalue weighted by Crippen LogP contribution is 2.48. The summed E-state index contributed by atoms with van der Waals surface area (Å²) in [6.07, 6.45) is -0.566. The van der Waals surface area contributed by atoms with Crippen LogP contribution in [0.25, 0.3) is 0 Å². The second kappa shape index (κ2) is 5.69. The molecule has 20 heavy (non-hydrogen) atoms. The van der Waals surface area contributed by atoms with E-state index < -0.39 is 24.2 Å². The van der Waals surface area contributed by atoms with Gasteiger partial charge in [0.25, 0.3) is 0 Å². The maximum absolute atomic E-state index is 13.1. The van der Waals surface area contributed by atoms with Gasteiger partial charge >= 0.3 is 6.18 Å². The van der Waals surface area contributed by atoms with Crippen molar-refractivity contribution in [1.29, 1.82) is 0 Å². The first-order valence-electron chi connectivity index (χ1n) is 7.33. The van der Waals surface area contributed by atoms with Crippen molar-refractivity contribution in [2.45, 2.75) is 56.8 Å². The third-order valence-electron chi connectivity index (χ3n) is 4.95. The maximum atomic E-state index is 13.1. The highest BCUT2D eigenvalue weighted by atomic mass is 32.2. The average Bonchev–Trinajstić information content (AvgIpc) is 3.16. The number of aliphatic hydroxyl groups is 1. The van der Waals surface area contributed by atoms with Crippen LogP contribution in [0.4, 0.5) is 13.2 Å². The molecule has 0 aromatic carbocycles. The van der Waals surface area contributed by atoms with Crippen molar-refractivity contribution in [2.75, 3.05) is 18.1 Å². The van der Waals surface area contributed by atoms with Crippen molar-refractivity contribution < 1.29 is 18.3 Å². The number of β-amino-alcohol motifs (C(OH)–C–C–N with tert-alkyl or cyclic N) is 1. The fourth-order valence-corrected chi connectivity index (χ4v) is 4.16. The molecule has 0 radical (unpaired) electrons. The van der Waals surface area contributed by atoms with E-state index in [-0.39, 0.29) is 5.54 Å². The molecular weight excluding hydrogens is 287 g/mol. The Kier molecular flexibility index (Phi) is 4.67. The van der Waals surface area contributed by atoms with Crippen molar-refractivity contribution in [3.05, 3.63) is 0 Å². The number of alkyl halides is 3. The molecule has 2 N–H and O–H groups in total. The molecule has 2 nitrogen and oxygen atoms in total. The number of hydrogen-bond donors (Lipinski definition) is 2. The van der Waals surface area contributed by atoms with Crippen molar-refractivity contribution in [1.82, 2.24) is 5.32 Å². The summed E-state index contributed by atoms with van der Waals surface area (Å²) < 4.78 is 39.3. The molecule has 118 valence electrons. The molecule has 6 heteroatoms. The number of nitrogens with one attached hydrogen (secondary N) is 1. The summed E-state index contributed by atoms with van der Waals surface area (Å²) in [4.78, 5) is 0. The van der Waals surface area contributed by atoms with Crippen LogP contribution in [0.1, 0.15) is 39.5 Å². The van der Waals surface area contributed by atoms with Gasteiger partial charge in [0.2, 0.25) is 0 Å². The zero-order valence-electron chi connectivity index (χ0n) is 12.1. The Morgan fingerprint density at radius 2 is 1.80 bits per heavy atom. The zero-order chi connectivity index (χ0) is 15.0. The number of thioether (sulfide) groups is 1. The summed E-state index contributed by atoms with van der Waals surface area (Å²) in [7, 11) is 0. The molecule has 0 aromatic rings. The molecule has 1 saturated carbocycles. The molecule has 1 heterocycles. The van der Waals surface area contributed by atoms with Crippen molar-refractivity contribution in [2.24, 2.45) is 11.8 Å². The van der Waals surface area contributed by atoms with Gasteiger partial charge in [-0.1, -0.05) is 13.8 Å². The van der Waals surface area contributed by atoms with Gasteiger partial charge in [-0.2, -0.15) is 24.9 Å². The van der Waals surface area contributed by atoms with E-state index in [1.165, 1.54) is 13.8 Å². The second-order valence-corrected chi connectivity index (χ2v) is 7.70. The topological polar surface area (TPSA) is 32.3 Å². The highest BCUT2D eigenvalue weighted by Gasteiger charge is 2.58. The van der Waals surface area contributed by atoms with Crippen LogP contribution in [-0.2, 0) is 0 Å². The number of hydrogen-bond acceptors (Lipinski definition) is 3.